The minimum Gasteiger partial charge on any atom is -0.397 e. The van der Waals surface area contributed by atoms with Gasteiger partial charge in [-0.25, -0.2) is 0 Å². The highest BCUT2D eigenvalue weighted by Gasteiger charge is 2.15. The Bertz CT molecular complexity index is 1280. The molecule has 1 unspecified atom stereocenters. The van der Waals surface area contributed by atoms with Crippen LogP contribution in [0.5, 0.6) is 0 Å². The third-order valence-electron chi connectivity index (χ3n) is 5.10. The smallest absolute Gasteiger partial charge is 0.265 e. The maximum atomic E-state index is 12.7. The first-order valence-electron chi connectivity index (χ1n) is 9.97. The van der Waals surface area contributed by atoms with Gasteiger partial charge >= 0.3 is 0 Å². The number of anilines is 2. The summed E-state index contributed by atoms with van der Waals surface area (Å²) in [5.74, 6) is -0.301. The lowest BCUT2D eigenvalue weighted by Gasteiger charge is -2.15. The minimum absolute atomic E-state index is 0.108. The zero-order valence-electron chi connectivity index (χ0n) is 17.3. The summed E-state index contributed by atoms with van der Waals surface area (Å²) >= 11 is 1.41. The topological polar surface area (TPSA) is 84.2 Å². The number of amides is 2. The molecule has 1 heterocycles. The molecule has 0 aliphatic rings. The first kappa shape index (κ1) is 20.6. The van der Waals surface area contributed by atoms with Gasteiger partial charge in [-0.3, -0.25) is 9.59 Å². The highest BCUT2D eigenvalue weighted by Crippen LogP contribution is 2.30. The standard InChI is InChI=1S/C25H23N3O2S/c1-15-6-5-7-19(12-15)24(29)27-16(2)17-10-11-18-14-23(31-22(18)13-17)25(30)28-21-9-4-3-8-20(21)26/h3-14,16H,26H2,1-2H3,(H,27,29)(H,28,30). The minimum atomic E-state index is -0.193. The molecule has 4 N–H and O–H groups in total. The number of hydrogen-bond donors (Lipinski definition) is 3. The Balaban J connectivity index is 1.51. The quantitative estimate of drug-likeness (QED) is 0.364. The van der Waals surface area contributed by atoms with Crippen molar-refractivity contribution in [3.05, 3.63) is 94.4 Å². The van der Waals surface area contributed by atoms with Crippen LogP contribution in [0.4, 0.5) is 11.4 Å². The number of fused-ring (bicyclic) bond motifs is 1. The Kier molecular flexibility index (Phi) is 5.73. The van der Waals surface area contributed by atoms with E-state index in [1.165, 1.54) is 11.3 Å². The number of nitrogens with two attached hydrogens (primary N) is 1. The van der Waals surface area contributed by atoms with Crippen LogP contribution < -0.4 is 16.4 Å². The Labute approximate surface area is 184 Å². The van der Waals surface area contributed by atoms with Gasteiger partial charge in [-0.05, 0) is 61.2 Å². The van der Waals surface area contributed by atoms with Crippen LogP contribution in [0.3, 0.4) is 0 Å². The van der Waals surface area contributed by atoms with E-state index in [4.69, 9.17) is 5.73 Å². The fourth-order valence-corrected chi connectivity index (χ4v) is 4.38. The van der Waals surface area contributed by atoms with E-state index in [0.29, 0.717) is 21.8 Å². The molecule has 2 amide bonds. The largest absolute Gasteiger partial charge is 0.397 e. The van der Waals surface area contributed by atoms with Crippen molar-refractivity contribution >= 4 is 44.6 Å². The summed E-state index contributed by atoms with van der Waals surface area (Å²) < 4.78 is 0.986. The van der Waals surface area contributed by atoms with Gasteiger partial charge in [0.25, 0.3) is 11.8 Å². The number of nitrogen functional groups attached to an aromatic ring is 1. The molecule has 31 heavy (non-hydrogen) atoms. The Hall–Kier alpha value is -3.64. The lowest BCUT2D eigenvalue weighted by molar-refractivity contribution is 0.0939. The molecule has 0 aliphatic carbocycles. The third-order valence-corrected chi connectivity index (χ3v) is 6.20. The van der Waals surface area contributed by atoms with E-state index in [2.05, 4.69) is 10.6 Å². The number of para-hydroxylation sites is 2. The second kappa shape index (κ2) is 8.62. The molecule has 4 rings (SSSR count). The molecule has 3 aromatic carbocycles. The summed E-state index contributed by atoms with van der Waals surface area (Å²) in [5.41, 5.74) is 9.71. The van der Waals surface area contributed by atoms with Gasteiger partial charge in [0, 0.05) is 10.3 Å². The van der Waals surface area contributed by atoms with Crippen LogP contribution in [0.2, 0.25) is 0 Å². The van der Waals surface area contributed by atoms with E-state index in [1.807, 2.05) is 74.5 Å². The summed E-state index contributed by atoms with van der Waals surface area (Å²) in [4.78, 5) is 25.8. The molecule has 0 radical (unpaired) electrons. The van der Waals surface area contributed by atoms with Crippen molar-refractivity contribution in [3.8, 4) is 0 Å². The normalized spacial score (nSPS) is 11.8. The molecule has 1 atom stereocenters. The number of carbonyl (C=O) groups excluding carboxylic acids is 2. The van der Waals surface area contributed by atoms with Crippen molar-refractivity contribution in [2.24, 2.45) is 0 Å². The predicted molar refractivity (Wildman–Crippen MR) is 128 cm³/mol. The lowest BCUT2D eigenvalue weighted by atomic mass is 10.1. The van der Waals surface area contributed by atoms with E-state index in [-0.39, 0.29) is 17.9 Å². The second-order valence-electron chi connectivity index (χ2n) is 7.51. The zero-order valence-corrected chi connectivity index (χ0v) is 18.1. The van der Waals surface area contributed by atoms with Crippen LogP contribution in [0.15, 0.2) is 72.8 Å². The van der Waals surface area contributed by atoms with Crippen molar-refractivity contribution in [2.45, 2.75) is 19.9 Å². The Morgan fingerprint density at radius 1 is 0.935 bits per heavy atom. The van der Waals surface area contributed by atoms with E-state index < -0.39 is 0 Å². The number of hydrogen-bond acceptors (Lipinski definition) is 4. The molecule has 1 aromatic heterocycles. The summed E-state index contributed by atoms with van der Waals surface area (Å²) in [7, 11) is 0. The van der Waals surface area contributed by atoms with Gasteiger partial charge in [-0.1, -0.05) is 42.0 Å². The summed E-state index contributed by atoms with van der Waals surface area (Å²) in [6.45, 7) is 3.92. The van der Waals surface area contributed by atoms with E-state index in [1.54, 1.807) is 12.1 Å². The monoisotopic (exact) mass is 429 g/mol. The van der Waals surface area contributed by atoms with Crippen LogP contribution in [0.1, 0.15) is 44.1 Å². The highest BCUT2D eigenvalue weighted by atomic mass is 32.1. The molecule has 4 aromatic rings. The molecule has 0 spiro atoms. The number of thiophene rings is 1. The van der Waals surface area contributed by atoms with Gasteiger partial charge < -0.3 is 16.4 Å². The van der Waals surface area contributed by atoms with Gasteiger partial charge in [-0.2, -0.15) is 0 Å². The number of nitrogens with one attached hydrogen (secondary N) is 2. The van der Waals surface area contributed by atoms with Gasteiger partial charge in [0.15, 0.2) is 0 Å². The number of aryl methyl sites for hydroxylation is 1. The number of carbonyl (C=O) groups is 2. The maximum absolute atomic E-state index is 12.7. The van der Waals surface area contributed by atoms with Gasteiger partial charge in [0.05, 0.1) is 22.3 Å². The second-order valence-corrected chi connectivity index (χ2v) is 8.60. The Morgan fingerprint density at radius 2 is 1.74 bits per heavy atom. The lowest BCUT2D eigenvalue weighted by Crippen LogP contribution is -2.26. The molecule has 5 nitrogen and oxygen atoms in total. The van der Waals surface area contributed by atoms with Gasteiger partial charge in [0.1, 0.15) is 0 Å². The Morgan fingerprint density at radius 3 is 2.52 bits per heavy atom. The first-order valence-corrected chi connectivity index (χ1v) is 10.8. The van der Waals surface area contributed by atoms with Crippen molar-refractivity contribution in [2.75, 3.05) is 11.1 Å². The molecule has 156 valence electrons. The van der Waals surface area contributed by atoms with Crippen molar-refractivity contribution in [1.82, 2.24) is 5.32 Å². The summed E-state index contributed by atoms with van der Waals surface area (Å²) in [6.07, 6.45) is 0. The van der Waals surface area contributed by atoms with E-state index >= 15 is 0 Å². The maximum Gasteiger partial charge on any atom is 0.265 e. The fourth-order valence-electron chi connectivity index (χ4n) is 3.37. The highest BCUT2D eigenvalue weighted by molar-refractivity contribution is 7.20. The summed E-state index contributed by atoms with van der Waals surface area (Å²) in [5, 5.41) is 6.89. The molecule has 0 bridgehead atoms. The average molecular weight is 430 g/mol. The molecule has 0 fully saturated rings. The number of benzene rings is 3. The first-order chi connectivity index (χ1) is 14.9. The van der Waals surface area contributed by atoms with Gasteiger partial charge in [0.2, 0.25) is 0 Å². The van der Waals surface area contributed by atoms with Crippen LogP contribution in [0.25, 0.3) is 10.1 Å². The molecule has 0 saturated heterocycles. The summed E-state index contributed by atoms with van der Waals surface area (Å²) in [6, 6.07) is 22.4. The number of rotatable bonds is 5. The molecule has 6 heteroatoms. The SMILES string of the molecule is Cc1cccc(C(=O)NC(C)c2ccc3cc(C(=O)Nc4ccccc4N)sc3c2)c1. The predicted octanol–water partition coefficient (Wildman–Crippen LogP) is 5.54. The molecule has 0 saturated carbocycles. The van der Waals surface area contributed by atoms with E-state index in [9.17, 15) is 9.59 Å². The van der Waals surface area contributed by atoms with Crippen LogP contribution in [0, 0.1) is 6.92 Å². The molecular weight excluding hydrogens is 406 g/mol. The van der Waals surface area contributed by atoms with Crippen molar-refractivity contribution < 1.29 is 9.59 Å². The van der Waals surface area contributed by atoms with Crippen LogP contribution >= 0.6 is 11.3 Å². The van der Waals surface area contributed by atoms with Crippen LogP contribution in [-0.2, 0) is 0 Å². The molecule has 0 aliphatic heterocycles. The third kappa shape index (κ3) is 4.59. The molecular formula is C25H23N3O2S. The van der Waals surface area contributed by atoms with E-state index in [0.717, 1.165) is 21.2 Å². The fraction of sp³-hybridized carbons (Fsp3) is 0.120. The van der Waals surface area contributed by atoms with Crippen molar-refractivity contribution in [3.63, 3.8) is 0 Å². The average Bonchev–Trinajstić information content (AvgIpc) is 3.19. The zero-order chi connectivity index (χ0) is 22.0. The van der Waals surface area contributed by atoms with Crippen LogP contribution in [-0.4, -0.2) is 11.8 Å². The van der Waals surface area contributed by atoms with Crippen molar-refractivity contribution in [1.29, 1.82) is 0 Å². The van der Waals surface area contributed by atoms with Gasteiger partial charge in [-0.15, -0.1) is 11.3 Å².